The van der Waals surface area contributed by atoms with Gasteiger partial charge in [0.2, 0.25) is 5.95 Å². The number of aromatic nitrogens is 4. The van der Waals surface area contributed by atoms with Gasteiger partial charge in [0.25, 0.3) is 0 Å². The lowest BCUT2D eigenvalue weighted by molar-refractivity contribution is 0.150. The van der Waals surface area contributed by atoms with Crippen LogP contribution in [0, 0.1) is 0 Å². The molecule has 0 radical (unpaired) electrons. The molecule has 1 aromatic carbocycles. The summed E-state index contributed by atoms with van der Waals surface area (Å²) in [6.45, 7) is 5.94. The van der Waals surface area contributed by atoms with E-state index in [4.69, 9.17) is 28.2 Å². The predicted molar refractivity (Wildman–Crippen MR) is 118 cm³/mol. The minimum absolute atomic E-state index is 0.0101. The lowest BCUT2D eigenvalue weighted by Crippen LogP contribution is -2.43. The van der Waals surface area contributed by atoms with Crippen LogP contribution in [0.2, 0.25) is 10.2 Å². The third kappa shape index (κ3) is 3.41. The molecule has 1 aliphatic carbocycles. The van der Waals surface area contributed by atoms with Gasteiger partial charge in [-0.15, -0.1) is 0 Å². The zero-order valence-corrected chi connectivity index (χ0v) is 17.8. The highest BCUT2D eigenvalue weighted by molar-refractivity contribution is 6.34. The summed E-state index contributed by atoms with van der Waals surface area (Å²) in [5, 5.41) is 13.3. The van der Waals surface area contributed by atoms with Gasteiger partial charge in [-0.2, -0.15) is 5.10 Å². The van der Waals surface area contributed by atoms with E-state index < -0.39 is 0 Å². The maximum atomic E-state index is 6.59. The van der Waals surface area contributed by atoms with Crippen LogP contribution in [-0.4, -0.2) is 45.9 Å². The van der Waals surface area contributed by atoms with Gasteiger partial charge in [0.05, 0.1) is 33.6 Å². The summed E-state index contributed by atoms with van der Waals surface area (Å²) in [6.07, 6.45) is 6.92. The Balaban J connectivity index is 1.44. The molecule has 0 atom stereocenters. The first kappa shape index (κ1) is 18.9. The van der Waals surface area contributed by atoms with Gasteiger partial charge in [-0.3, -0.25) is 0 Å². The number of hydrogen-bond acceptors (Lipinski definition) is 6. The molecule has 1 saturated carbocycles. The number of nitrogens with zero attached hydrogens (tertiary/aromatic N) is 5. The van der Waals surface area contributed by atoms with Crippen molar-refractivity contribution in [1.82, 2.24) is 25.1 Å². The van der Waals surface area contributed by atoms with Crippen LogP contribution in [0.25, 0.3) is 10.9 Å². The van der Waals surface area contributed by atoms with Crippen molar-refractivity contribution in [2.75, 3.05) is 36.4 Å². The van der Waals surface area contributed by atoms with E-state index in [2.05, 4.69) is 32.5 Å². The molecule has 0 unspecified atom stereocenters. The molecule has 2 aromatic heterocycles. The summed E-state index contributed by atoms with van der Waals surface area (Å²) in [4.78, 5) is 11.4. The number of hydrogen-bond donors (Lipinski definition) is 2. The van der Waals surface area contributed by atoms with Crippen LogP contribution < -0.4 is 15.5 Å². The van der Waals surface area contributed by atoms with E-state index in [1.807, 2.05) is 16.8 Å². The Morgan fingerprint density at radius 2 is 1.93 bits per heavy atom. The highest BCUT2D eigenvalue weighted by atomic mass is 35.5. The molecule has 2 fully saturated rings. The quantitative estimate of drug-likeness (QED) is 0.645. The molecule has 3 aromatic rings. The molecule has 0 spiro atoms. The van der Waals surface area contributed by atoms with E-state index in [0.29, 0.717) is 11.1 Å². The van der Waals surface area contributed by atoms with E-state index in [1.54, 1.807) is 12.4 Å². The van der Waals surface area contributed by atoms with Crippen LogP contribution in [0.3, 0.4) is 0 Å². The van der Waals surface area contributed by atoms with Gasteiger partial charge in [0.1, 0.15) is 0 Å². The molecule has 29 heavy (non-hydrogen) atoms. The number of benzene rings is 1. The fraction of sp³-hybridized carbons (Fsp3) is 0.450. The minimum Gasteiger partial charge on any atom is -0.368 e. The molecular weight excluding hydrogens is 409 g/mol. The molecule has 2 aliphatic rings. The fourth-order valence-corrected chi connectivity index (χ4v) is 4.70. The standard InChI is InChI=1S/C20H23Cl2N7/c1-20(3-2-4-20)29-18(22)16(12-25-29)27-19-24-11-13-9-14(21)17(10-15(13)26-19)28-7-5-23-6-8-28/h9-12,23H,2-8H2,1H3,(H,24,26,27). The van der Waals surface area contributed by atoms with Crippen LogP contribution in [0.5, 0.6) is 0 Å². The highest BCUT2D eigenvalue weighted by Crippen LogP contribution is 2.41. The van der Waals surface area contributed by atoms with Crippen LogP contribution >= 0.6 is 23.2 Å². The molecule has 9 heteroatoms. The van der Waals surface area contributed by atoms with Crippen molar-refractivity contribution in [2.45, 2.75) is 31.7 Å². The Labute approximate surface area is 179 Å². The van der Waals surface area contributed by atoms with Gasteiger partial charge in [0.15, 0.2) is 5.15 Å². The Morgan fingerprint density at radius 1 is 1.14 bits per heavy atom. The highest BCUT2D eigenvalue weighted by Gasteiger charge is 2.36. The lowest BCUT2D eigenvalue weighted by atomic mass is 9.79. The van der Waals surface area contributed by atoms with Crippen LogP contribution in [0.15, 0.2) is 24.5 Å². The molecule has 152 valence electrons. The zero-order valence-electron chi connectivity index (χ0n) is 16.3. The predicted octanol–water partition coefficient (Wildman–Crippen LogP) is 4.19. The first-order chi connectivity index (χ1) is 14.0. The number of anilines is 3. The molecular formula is C20H23Cl2N7. The number of halogens is 2. The summed E-state index contributed by atoms with van der Waals surface area (Å²) >= 11 is 13.1. The van der Waals surface area contributed by atoms with E-state index in [0.717, 1.165) is 66.3 Å². The van der Waals surface area contributed by atoms with E-state index >= 15 is 0 Å². The molecule has 1 saturated heterocycles. The summed E-state index contributed by atoms with van der Waals surface area (Å²) in [5.74, 6) is 0.492. The minimum atomic E-state index is 0.0101. The van der Waals surface area contributed by atoms with Gasteiger partial charge in [-0.1, -0.05) is 23.2 Å². The topological polar surface area (TPSA) is 70.9 Å². The van der Waals surface area contributed by atoms with Crippen LogP contribution in [0.4, 0.5) is 17.3 Å². The molecule has 0 amide bonds. The van der Waals surface area contributed by atoms with Crippen molar-refractivity contribution in [1.29, 1.82) is 0 Å². The van der Waals surface area contributed by atoms with Crippen molar-refractivity contribution in [3.63, 3.8) is 0 Å². The number of rotatable bonds is 4. The molecule has 0 bridgehead atoms. The Bertz CT molecular complexity index is 1050. The fourth-order valence-electron chi connectivity index (χ4n) is 4.06. The summed E-state index contributed by atoms with van der Waals surface area (Å²) < 4.78 is 1.91. The molecule has 7 nitrogen and oxygen atoms in total. The maximum Gasteiger partial charge on any atom is 0.227 e. The molecule has 2 N–H and O–H groups in total. The first-order valence-electron chi connectivity index (χ1n) is 9.96. The van der Waals surface area contributed by atoms with Gasteiger partial charge in [-0.05, 0) is 38.3 Å². The van der Waals surface area contributed by atoms with E-state index in [9.17, 15) is 0 Å². The second kappa shape index (κ2) is 7.31. The Kier molecular flexibility index (Phi) is 4.76. The summed E-state index contributed by atoms with van der Waals surface area (Å²) in [5.41, 5.74) is 2.58. The third-order valence-corrected chi connectivity index (χ3v) is 6.67. The third-order valence-electron chi connectivity index (χ3n) is 6.01. The van der Waals surface area contributed by atoms with Gasteiger partial charge in [-0.25, -0.2) is 14.6 Å². The van der Waals surface area contributed by atoms with Crippen LogP contribution in [0.1, 0.15) is 26.2 Å². The van der Waals surface area contributed by atoms with E-state index in [-0.39, 0.29) is 5.54 Å². The lowest BCUT2D eigenvalue weighted by Gasteiger charge is -2.38. The van der Waals surface area contributed by atoms with E-state index in [1.165, 1.54) is 6.42 Å². The smallest absolute Gasteiger partial charge is 0.227 e. The monoisotopic (exact) mass is 431 g/mol. The molecule has 3 heterocycles. The number of nitrogens with one attached hydrogen (secondary N) is 2. The second-order valence-corrected chi connectivity index (χ2v) is 8.79. The molecule has 5 rings (SSSR count). The number of fused-ring (bicyclic) bond motifs is 1. The van der Waals surface area contributed by atoms with Gasteiger partial charge < -0.3 is 15.5 Å². The van der Waals surface area contributed by atoms with Crippen LogP contribution in [-0.2, 0) is 5.54 Å². The SMILES string of the molecule is CC1(n2ncc(Nc3ncc4cc(Cl)c(N5CCNCC5)cc4n3)c2Cl)CCC1. The second-order valence-electron chi connectivity index (χ2n) is 8.03. The molecule has 1 aliphatic heterocycles. The summed E-state index contributed by atoms with van der Waals surface area (Å²) in [6, 6.07) is 3.97. The average Bonchev–Trinajstić information content (AvgIpc) is 3.07. The normalized spacial score (nSPS) is 18.7. The maximum absolute atomic E-state index is 6.59. The van der Waals surface area contributed by atoms with Gasteiger partial charge in [0, 0.05) is 37.8 Å². The van der Waals surface area contributed by atoms with Crippen molar-refractivity contribution >= 4 is 51.4 Å². The average molecular weight is 432 g/mol. The Morgan fingerprint density at radius 3 is 2.66 bits per heavy atom. The van der Waals surface area contributed by atoms with Gasteiger partial charge >= 0.3 is 0 Å². The van der Waals surface area contributed by atoms with Crippen molar-refractivity contribution in [2.24, 2.45) is 0 Å². The number of piperazine rings is 1. The van der Waals surface area contributed by atoms with Crippen molar-refractivity contribution in [3.8, 4) is 0 Å². The van der Waals surface area contributed by atoms with Crippen molar-refractivity contribution < 1.29 is 0 Å². The zero-order chi connectivity index (χ0) is 20.0. The largest absolute Gasteiger partial charge is 0.368 e. The van der Waals surface area contributed by atoms with Crippen molar-refractivity contribution in [3.05, 3.63) is 34.7 Å². The first-order valence-corrected chi connectivity index (χ1v) is 10.7. The Hall–Kier alpha value is -2.09. The summed E-state index contributed by atoms with van der Waals surface area (Å²) in [7, 11) is 0.